The fraction of sp³-hybridized carbons (Fsp3) is 0.278. The second-order valence-electron chi connectivity index (χ2n) is 6.13. The molecule has 0 bridgehead atoms. The number of hydrogen-bond acceptors (Lipinski definition) is 7. The van der Waals surface area contributed by atoms with Crippen LogP contribution in [-0.2, 0) is 4.74 Å². The van der Waals surface area contributed by atoms with Gasteiger partial charge in [0.15, 0.2) is 0 Å². The van der Waals surface area contributed by atoms with Crippen LogP contribution in [0.3, 0.4) is 0 Å². The number of aromatic nitrogens is 3. The summed E-state index contributed by atoms with van der Waals surface area (Å²) in [6.07, 6.45) is -0.721. The van der Waals surface area contributed by atoms with E-state index >= 15 is 0 Å². The van der Waals surface area contributed by atoms with Crippen molar-refractivity contribution >= 4 is 23.2 Å². The van der Waals surface area contributed by atoms with Crippen LogP contribution in [0.4, 0.5) is 0 Å². The van der Waals surface area contributed by atoms with E-state index in [0.29, 0.717) is 41.3 Å². The highest BCUT2D eigenvalue weighted by Crippen LogP contribution is 2.31. The van der Waals surface area contributed by atoms with E-state index in [4.69, 9.17) is 32.7 Å². The smallest absolute Gasteiger partial charge is 0.439 e. The minimum absolute atomic E-state index is 0.228. The summed E-state index contributed by atoms with van der Waals surface area (Å²) >= 11 is 12.2. The molecule has 2 atom stereocenters. The van der Waals surface area contributed by atoms with Gasteiger partial charge < -0.3 is 14.8 Å². The lowest BCUT2D eigenvalue weighted by molar-refractivity contribution is -0.00998. The average Bonchev–Trinajstić information content (AvgIpc) is 3.00. The van der Waals surface area contributed by atoms with Gasteiger partial charge in [0, 0.05) is 19.2 Å². The lowest BCUT2D eigenvalue weighted by atomic mass is 10.0. The Morgan fingerprint density at radius 2 is 2.07 bits per heavy atom. The minimum Gasteiger partial charge on any atom is -0.470 e. The number of halogens is 2. The van der Waals surface area contributed by atoms with Crippen molar-refractivity contribution in [2.75, 3.05) is 19.7 Å². The molecule has 3 aromatic rings. The van der Waals surface area contributed by atoms with Crippen molar-refractivity contribution in [3.05, 3.63) is 62.6 Å². The molecule has 1 fully saturated rings. The van der Waals surface area contributed by atoms with Gasteiger partial charge in [-0.25, -0.2) is 9.78 Å². The molecule has 0 spiro atoms. The number of pyridine rings is 1. The summed E-state index contributed by atoms with van der Waals surface area (Å²) in [5, 5.41) is 7.86. The fourth-order valence-corrected chi connectivity index (χ4v) is 3.23. The van der Waals surface area contributed by atoms with Crippen molar-refractivity contribution < 1.29 is 14.0 Å². The van der Waals surface area contributed by atoms with Gasteiger partial charge in [-0.1, -0.05) is 40.5 Å². The molecule has 1 aliphatic heterocycles. The molecule has 0 saturated carbocycles. The Morgan fingerprint density at radius 1 is 1.18 bits per heavy atom. The van der Waals surface area contributed by atoms with Crippen LogP contribution in [0.2, 0.25) is 10.0 Å². The number of rotatable bonds is 4. The number of benzene rings is 1. The molecule has 28 heavy (non-hydrogen) atoms. The van der Waals surface area contributed by atoms with Gasteiger partial charge in [0.2, 0.25) is 11.7 Å². The molecule has 8 nitrogen and oxygen atoms in total. The topological polar surface area (TPSA) is 102 Å². The van der Waals surface area contributed by atoms with Crippen LogP contribution in [0.25, 0.3) is 11.5 Å². The van der Waals surface area contributed by atoms with Gasteiger partial charge in [0.1, 0.15) is 17.9 Å². The molecular formula is C18H16Cl2N4O4. The van der Waals surface area contributed by atoms with E-state index in [1.807, 2.05) is 6.07 Å². The molecule has 0 aliphatic carbocycles. The SMILES string of the molecule is O=c1[nH]c(-c2cccc(O[C@H]3CNCCOC3c3ccc(Cl)c(Cl)c3)n2)no1. The van der Waals surface area contributed by atoms with E-state index < -0.39 is 5.76 Å². The monoisotopic (exact) mass is 422 g/mol. The van der Waals surface area contributed by atoms with Gasteiger partial charge in [-0.3, -0.25) is 9.51 Å². The first-order valence-electron chi connectivity index (χ1n) is 8.57. The van der Waals surface area contributed by atoms with Crippen molar-refractivity contribution in [1.82, 2.24) is 20.4 Å². The first kappa shape index (κ1) is 18.9. The largest absolute Gasteiger partial charge is 0.470 e. The molecule has 1 saturated heterocycles. The molecule has 0 radical (unpaired) electrons. The van der Waals surface area contributed by atoms with Crippen molar-refractivity contribution in [3.63, 3.8) is 0 Å². The molecule has 4 rings (SSSR count). The summed E-state index contributed by atoms with van der Waals surface area (Å²) in [4.78, 5) is 18.0. The van der Waals surface area contributed by atoms with Gasteiger partial charge in [0.05, 0.1) is 16.7 Å². The molecule has 10 heteroatoms. The second kappa shape index (κ2) is 8.32. The van der Waals surface area contributed by atoms with Gasteiger partial charge >= 0.3 is 5.76 Å². The Morgan fingerprint density at radius 3 is 2.86 bits per heavy atom. The Balaban J connectivity index is 1.60. The highest BCUT2D eigenvalue weighted by molar-refractivity contribution is 6.42. The van der Waals surface area contributed by atoms with Crippen molar-refractivity contribution in [2.45, 2.75) is 12.2 Å². The van der Waals surface area contributed by atoms with Gasteiger partial charge in [-0.15, -0.1) is 0 Å². The van der Waals surface area contributed by atoms with Crippen LogP contribution in [0.5, 0.6) is 5.88 Å². The predicted molar refractivity (Wildman–Crippen MR) is 103 cm³/mol. The molecule has 1 unspecified atom stereocenters. The highest BCUT2D eigenvalue weighted by atomic mass is 35.5. The van der Waals surface area contributed by atoms with Gasteiger partial charge in [-0.2, -0.15) is 0 Å². The van der Waals surface area contributed by atoms with Crippen molar-refractivity contribution in [1.29, 1.82) is 0 Å². The molecule has 2 aromatic heterocycles. The van der Waals surface area contributed by atoms with Gasteiger partial charge in [0.25, 0.3) is 0 Å². The fourth-order valence-electron chi connectivity index (χ4n) is 2.93. The Kier molecular flexibility index (Phi) is 5.63. The summed E-state index contributed by atoms with van der Waals surface area (Å²) in [6.45, 7) is 1.78. The van der Waals surface area contributed by atoms with Crippen LogP contribution in [0, 0.1) is 0 Å². The minimum atomic E-state index is -0.649. The van der Waals surface area contributed by atoms with E-state index in [1.165, 1.54) is 0 Å². The first-order chi connectivity index (χ1) is 13.6. The Labute approximate surface area is 169 Å². The number of aromatic amines is 1. The molecule has 1 aliphatic rings. The van der Waals surface area contributed by atoms with Crippen molar-refractivity contribution in [2.24, 2.45) is 0 Å². The van der Waals surface area contributed by atoms with Crippen LogP contribution in [0.15, 0.2) is 45.7 Å². The molecule has 0 amide bonds. The zero-order chi connectivity index (χ0) is 19.5. The summed E-state index contributed by atoms with van der Waals surface area (Å²) in [7, 11) is 0. The van der Waals surface area contributed by atoms with E-state index in [1.54, 1.807) is 30.3 Å². The maximum atomic E-state index is 11.2. The van der Waals surface area contributed by atoms with E-state index in [9.17, 15) is 4.79 Å². The summed E-state index contributed by atoms with van der Waals surface area (Å²) < 4.78 is 16.6. The third-order valence-electron chi connectivity index (χ3n) is 4.21. The zero-order valence-corrected chi connectivity index (χ0v) is 16.0. The summed E-state index contributed by atoms with van der Waals surface area (Å²) in [5.41, 5.74) is 1.29. The van der Waals surface area contributed by atoms with E-state index in [0.717, 1.165) is 5.56 Å². The molecular weight excluding hydrogens is 407 g/mol. The summed E-state index contributed by atoms with van der Waals surface area (Å²) in [5.74, 6) is -0.0559. The molecule has 1 aromatic carbocycles. The number of H-pyrrole nitrogens is 1. The number of nitrogens with zero attached hydrogens (tertiary/aromatic N) is 2. The third kappa shape index (κ3) is 4.20. The molecule has 2 N–H and O–H groups in total. The number of ether oxygens (including phenoxy) is 2. The zero-order valence-electron chi connectivity index (χ0n) is 14.5. The van der Waals surface area contributed by atoms with E-state index in [-0.39, 0.29) is 18.0 Å². The lowest BCUT2D eigenvalue weighted by Gasteiger charge is -2.26. The van der Waals surface area contributed by atoms with Crippen molar-refractivity contribution in [3.8, 4) is 17.4 Å². The number of nitrogens with one attached hydrogen (secondary N) is 2. The first-order valence-corrected chi connectivity index (χ1v) is 9.33. The van der Waals surface area contributed by atoms with Crippen LogP contribution >= 0.6 is 23.2 Å². The maximum Gasteiger partial charge on any atom is 0.439 e. The third-order valence-corrected chi connectivity index (χ3v) is 4.95. The Hall–Kier alpha value is -2.39. The highest BCUT2D eigenvalue weighted by Gasteiger charge is 2.29. The summed E-state index contributed by atoms with van der Waals surface area (Å²) in [6, 6.07) is 10.5. The van der Waals surface area contributed by atoms with Crippen LogP contribution in [-0.4, -0.2) is 40.9 Å². The maximum absolute atomic E-state index is 11.2. The van der Waals surface area contributed by atoms with Crippen LogP contribution in [0.1, 0.15) is 11.7 Å². The average molecular weight is 423 g/mol. The lowest BCUT2D eigenvalue weighted by Crippen LogP contribution is -2.34. The molecule has 3 heterocycles. The second-order valence-corrected chi connectivity index (χ2v) is 6.94. The van der Waals surface area contributed by atoms with Crippen LogP contribution < -0.4 is 15.8 Å². The standard InChI is InChI=1S/C18H16Cl2N4O4/c19-11-5-4-10(8-12(11)20)16-14(9-21-6-7-26-16)27-15-3-1-2-13(22-15)17-23-18(25)28-24-17/h1-5,8,14,16,21H,6-7,9H2,(H,23,24,25)/t14-,16?/m0/s1. The number of hydrogen-bond donors (Lipinski definition) is 2. The predicted octanol–water partition coefficient (Wildman–Crippen LogP) is 2.84. The van der Waals surface area contributed by atoms with Gasteiger partial charge in [-0.05, 0) is 23.8 Å². The quantitative estimate of drug-likeness (QED) is 0.665. The Bertz CT molecular complexity index is 1020. The van der Waals surface area contributed by atoms with E-state index in [2.05, 4.69) is 25.0 Å². The molecule has 146 valence electrons. The normalized spacial score (nSPS) is 19.9.